The number of ether oxygens (including phenoxy) is 1. The molecule has 4 rings (SSSR count). The fourth-order valence-electron chi connectivity index (χ4n) is 3.76. The minimum atomic E-state index is -4.84. The lowest BCUT2D eigenvalue weighted by Gasteiger charge is -2.14. The highest BCUT2D eigenvalue weighted by Gasteiger charge is 2.35. The number of nitrogens with zero attached hydrogens (tertiary/aromatic N) is 1. The molecule has 1 fully saturated rings. The van der Waals surface area contributed by atoms with Crippen molar-refractivity contribution in [1.29, 1.82) is 0 Å². The summed E-state index contributed by atoms with van der Waals surface area (Å²) < 4.78 is 58.0. The molecule has 43 heavy (non-hydrogen) atoms. The normalized spacial score (nSPS) is 15.2. The maximum Gasteiger partial charge on any atom is 0.419 e. The van der Waals surface area contributed by atoms with Gasteiger partial charge in [0.15, 0.2) is 0 Å². The molecule has 1 aromatic heterocycles. The van der Waals surface area contributed by atoms with Gasteiger partial charge >= 0.3 is 12.1 Å². The lowest BCUT2D eigenvalue weighted by molar-refractivity contribution is -0.140. The summed E-state index contributed by atoms with van der Waals surface area (Å²) in [6.45, 7) is -0.915. The van der Waals surface area contributed by atoms with Crippen LogP contribution in [0.2, 0.25) is 0 Å². The van der Waals surface area contributed by atoms with Crippen molar-refractivity contribution in [2.45, 2.75) is 18.7 Å². The van der Waals surface area contributed by atoms with Gasteiger partial charge in [0.25, 0.3) is 5.91 Å². The third-order valence-electron chi connectivity index (χ3n) is 5.96. The number of nitrogens with one attached hydrogen (secondary N) is 1. The summed E-state index contributed by atoms with van der Waals surface area (Å²) in [5, 5.41) is 22.3. The van der Waals surface area contributed by atoms with Crippen molar-refractivity contribution >= 4 is 69.2 Å². The Morgan fingerprint density at radius 3 is 2.51 bits per heavy atom. The summed E-state index contributed by atoms with van der Waals surface area (Å²) in [5.74, 6) is -2.91. The molecule has 2 amide bonds. The van der Waals surface area contributed by atoms with Crippen LogP contribution in [-0.2, 0) is 20.5 Å². The Balaban J connectivity index is 1.33. The van der Waals surface area contributed by atoms with Gasteiger partial charge in [0.1, 0.15) is 22.8 Å². The van der Waals surface area contributed by atoms with Gasteiger partial charge in [0.05, 0.1) is 22.6 Å². The van der Waals surface area contributed by atoms with Gasteiger partial charge in [-0.05, 0) is 65.0 Å². The molecule has 0 spiro atoms. The molecule has 1 atom stereocenters. The first kappa shape index (κ1) is 32.3. The number of anilines is 1. The van der Waals surface area contributed by atoms with E-state index >= 15 is 0 Å². The highest BCUT2D eigenvalue weighted by Crippen LogP contribution is 2.37. The van der Waals surface area contributed by atoms with Crippen LogP contribution < -0.4 is 5.32 Å². The Morgan fingerprint density at radius 1 is 1.12 bits per heavy atom. The van der Waals surface area contributed by atoms with Crippen LogP contribution in [0, 0.1) is 5.82 Å². The van der Waals surface area contributed by atoms with Gasteiger partial charge in [-0.3, -0.25) is 14.5 Å². The maximum atomic E-state index is 13.7. The third kappa shape index (κ3) is 8.26. The second kappa shape index (κ2) is 13.8. The highest BCUT2D eigenvalue weighted by molar-refractivity contribution is 8.26. The van der Waals surface area contributed by atoms with Gasteiger partial charge in [0.2, 0.25) is 5.91 Å². The van der Waals surface area contributed by atoms with Crippen molar-refractivity contribution in [3.63, 3.8) is 0 Å². The second-order valence-corrected chi connectivity index (χ2v) is 11.7. The quantitative estimate of drug-likeness (QED) is 0.117. The summed E-state index contributed by atoms with van der Waals surface area (Å²) >= 11 is 7.52. The fraction of sp³-hybridized carbons (Fsp3) is 0.214. The number of carbonyl (C=O) groups is 3. The van der Waals surface area contributed by atoms with Gasteiger partial charge in [-0.2, -0.15) is 13.2 Å². The lowest BCUT2D eigenvalue weighted by Crippen LogP contribution is -2.31. The number of aliphatic hydroxyl groups excluding tert-OH is 2. The largest absolute Gasteiger partial charge is 0.459 e. The van der Waals surface area contributed by atoms with Crippen LogP contribution in [-0.4, -0.2) is 63.1 Å². The van der Waals surface area contributed by atoms with E-state index in [1.165, 1.54) is 46.6 Å². The van der Waals surface area contributed by atoms with Crippen molar-refractivity contribution in [3.05, 3.63) is 80.6 Å². The Bertz CT molecular complexity index is 1570. The number of alkyl halides is 3. The number of hydrogen-bond acceptors (Lipinski definition) is 9. The van der Waals surface area contributed by atoms with Crippen molar-refractivity contribution in [2.24, 2.45) is 0 Å². The summed E-state index contributed by atoms with van der Waals surface area (Å²) in [4.78, 5) is 39.5. The topological polar surface area (TPSA) is 116 Å². The average Bonchev–Trinajstić information content (AvgIpc) is 3.53. The van der Waals surface area contributed by atoms with Gasteiger partial charge in [-0.25, -0.2) is 9.18 Å². The minimum absolute atomic E-state index is 0.00305. The van der Waals surface area contributed by atoms with Crippen LogP contribution in [0.1, 0.15) is 27.2 Å². The van der Waals surface area contributed by atoms with Crippen LogP contribution in [0.3, 0.4) is 0 Å². The Kier molecular flexibility index (Phi) is 10.3. The molecular formula is C28H22F4N2O6S3. The molecule has 0 aliphatic carbocycles. The fourth-order valence-corrected chi connectivity index (χ4v) is 5.98. The van der Waals surface area contributed by atoms with Crippen LogP contribution >= 0.6 is 35.3 Å². The van der Waals surface area contributed by atoms with E-state index in [2.05, 4.69) is 5.32 Å². The zero-order valence-corrected chi connectivity index (χ0v) is 24.3. The van der Waals surface area contributed by atoms with E-state index in [1.807, 2.05) is 0 Å². The predicted molar refractivity (Wildman–Crippen MR) is 158 cm³/mol. The standard InChI is InChI=1S/C28H22F4N2O6S3/c29-22-6-3-16(10-21(22)28(30,31)32)17-9-20(42-14-17)11-23-25(38)34(27(41)43-23)8-7-24(37)33-18-4-1-15(2-5-18)26(39)40-13-19(36)12-35/h1-6,9-11,14,19,35-36H,7-8,12-13H2,(H,33,37). The smallest absolute Gasteiger partial charge is 0.419 e. The van der Waals surface area contributed by atoms with Crippen molar-refractivity contribution in [3.8, 4) is 11.1 Å². The number of thiocarbonyl (C=S) groups is 1. The molecule has 1 aliphatic heterocycles. The Morgan fingerprint density at radius 2 is 1.84 bits per heavy atom. The van der Waals surface area contributed by atoms with E-state index in [-0.39, 0.29) is 39.9 Å². The zero-order chi connectivity index (χ0) is 31.3. The first-order chi connectivity index (χ1) is 20.3. The van der Waals surface area contributed by atoms with Crippen LogP contribution in [0.25, 0.3) is 17.2 Å². The zero-order valence-electron chi connectivity index (χ0n) is 21.9. The van der Waals surface area contributed by atoms with E-state index in [0.717, 1.165) is 23.9 Å². The molecule has 2 aromatic carbocycles. The van der Waals surface area contributed by atoms with E-state index in [1.54, 1.807) is 17.5 Å². The second-order valence-electron chi connectivity index (χ2n) is 9.07. The van der Waals surface area contributed by atoms with E-state index < -0.39 is 48.1 Å². The predicted octanol–water partition coefficient (Wildman–Crippen LogP) is 5.31. The molecule has 2 heterocycles. The minimum Gasteiger partial charge on any atom is -0.459 e. The number of amides is 2. The third-order valence-corrected chi connectivity index (χ3v) is 8.21. The van der Waals surface area contributed by atoms with E-state index in [9.17, 15) is 37.1 Å². The molecule has 3 aromatic rings. The van der Waals surface area contributed by atoms with Crippen LogP contribution in [0.5, 0.6) is 0 Å². The van der Waals surface area contributed by atoms with Gasteiger partial charge in [-0.1, -0.05) is 30.0 Å². The van der Waals surface area contributed by atoms with Crippen LogP contribution in [0.15, 0.2) is 58.8 Å². The van der Waals surface area contributed by atoms with Crippen molar-refractivity contribution < 1.29 is 46.9 Å². The SMILES string of the molecule is O=C(CCN1C(=O)C(=Cc2cc(-c3ccc(F)c(C(F)(F)F)c3)cs2)SC1=S)Nc1ccc(C(=O)OCC(O)CO)cc1. The maximum absolute atomic E-state index is 13.7. The number of rotatable bonds is 10. The molecule has 226 valence electrons. The summed E-state index contributed by atoms with van der Waals surface area (Å²) in [7, 11) is 0. The monoisotopic (exact) mass is 654 g/mol. The van der Waals surface area contributed by atoms with Crippen molar-refractivity contribution in [2.75, 3.05) is 25.1 Å². The molecule has 0 radical (unpaired) electrons. The van der Waals surface area contributed by atoms with Gasteiger partial charge in [0, 0.05) is 23.5 Å². The number of halogens is 4. The van der Waals surface area contributed by atoms with E-state index in [0.29, 0.717) is 16.1 Å². The first-order valence-electron chi connectivity index (χ1n) is 12.4. The summed E-state index contributed by atoms with van der Waals surface area (Å²) in [6, 6.07) is 10.1. The first-order valence-corrected chi connectivity index (χ1v) is 14.5. The number of thioether (sulfide) groups is 1. The summed E-state index contributed by atoms with van der Waals surface area (Å²) in [6.07, 6.45) is -4.55. The number of benzene rings is 2. The van der Waals surface area contributed by atoms with Gasteiger partial charge < -0.3 is 20.3 Å². The van der Waals surface area contributed by atoms with E-state index in [4.69, 9.17) is 22.1 Å². The Hall–Kier alpha value is -3.63. The molecule has 1 aliphatic rings. The molecular weight excluding hydrogens is 633 g/mol. The molecule has 1 unspecified atom stereocenters. The molecule has 0 bridgehead atoms. The molecule has 8 nitrogen and oxygen atoms in total. The molecule has 3 N–H and O–H groups in total. The Labute approximate surface area is 256 Å². The molecule has 0 saturated carbocycles. The number of thiophene rings is 1. The number of hydrogen-bond donors (Lipinski definition) is 3. The van der Waals surface area contributed by atoms with Gasteiger partial charge in [-0.15, -0.1) is 11.3 Å². The number of esters is 1. The molecule has 15 heteroatoms. The number of aliphatic hydroxyl groups is 2. The number of carbonyl (C=O) groups excluding carboxylic acids is 3. The highest BCUT2D eigenvalue weighted by atomic mass is 32.2. The average molecular weight is 655 g/mol. The van der Waals surface area contributed by atoms with Crippen molar-refractivity contribution in [1.82, 2.24) is 4.90 Å². The summed E-state index contributed by atoms with van der Waals surface area (Å²) in [5.41, 5.74) is -0.195. The lowest BCUT2D eigenvalue weighted by atomic mass is 10.0. The molecule has 1 saturated heterocycles. The van der Waals surface area contributed by atoms with Crippen LogP contribution in [0.4, 0.5) is 23.2 Å².